The molecule has 104 valence electrons. The van der Waals surface area contributed by atoms with Gasteiger partial charge in [0.25, 0.3) is 0 Å². The van der Waals surface area contributed by atoms with Gasteiger partial charge in [-0.2, -0.15) is 0 Å². The molecule has 1 unspecified atom stereocenters. The Bertz CT molecular complexity index is 617. The van der Waals surface area contributed by atoms with Crippen molar-refractivity contribution >= 4 is 15.9 Å². The minimum Gasteiger partial charge on any atom is -0.493 e. The van der Waals surface area contributed by atoms with Crippen molar-refractivity contribution in [3.63, 3.8) is 0 Å². The Kier molecular flexibility index (Phi) is 4.03. The largest absolute Gasteiger partial charge is 0.493 e. The molecule has 0 saturated carbocycles. The number of benzene rings is 2. The van der Waals surface area contributed by atoms with Crippen LogP contribution in [0.2, 0.25) is 0 Å². The highest BCUT2D eigenvalue weighted by Crippen LogP contribution is 2.34. The molecule has 1 aliphatic rings. The molecular weight excluding hydrogens is 321 g/mol. The smallest absolute Gasteiger partial charge is 0.127 e. The van der Waals surface area contributed by atoms with Crippen LogP contribution in [0, 0.1) is 5.82 Å². The molecule has 2 aromatic carbocycles. The summed E-state index contributed by atoms with van der Waals surface area (Å²) in [6.07, 6.45) is 0.887. The summed E-state index contributed by atoms with van der Waals surface area (Å²) in [5.41, 5.74) is 1.82. The molecule has 0 fully saturated rings. The lowest BCUT2D eigenvalue weighted by molar-refractivity contribution is 0.252. The van der Waals surface area contributed by atoms with Crippen molar-refractivity contribution in [3.05, 3.63) is 63.9 Å². The highest BCUT2D eigenvalue weighted by Gasteiger charge is 2.21. The van der Waals surface area contributed by atoms with Crippen molar-refractivity contribution in [2.75, 3.05) is 6.61 Å². The summed E-state index contributed by atoms with van der Waals surface area (Å²) < 4.78 is 20.3. The average molecular weight is 336 g/mol. The third-order valence-corrected chi connectivity index (χ3v) is 4.00. The molecule has 1 N–H and O–H groups in total. The van der Waals surface area contributed by atoms with Crippen LogP contribution in [0.25, 0.3) is 0 Å². The van der Waals surface area contributed by atoms with E-state index < -0.39 is 0 Å². The highest BCUT2D eigenvalue weighted by molar-refractivity contribution is 9.10. The van der Waals surface area contributed by atoms with Crippen LogP contribution in [0.15, 0.2) is 46.9 Å². The second-order valence-electron chi connectivity index (χ2n) is 4.84. The molecule has 1 aliphatic heterocycles. The van der Waals surface area contributed by atoms with Gasteiger partial charge in [0.2, 0.25) is 0 Å². The van der Waals surface area contributed by atoms with Gasteiger partial charge in [0.15, 0.2) is 0 Å². The molecule has 20 heavy (non-hydrogen) atoms. The van der Waals surface area contributed by atoms with Crippen molar-refractivity contribution in [1.29, 1.82) is 0 Å². The maximum absolute atomic E-state index is 13.6. The van der Waals surface area contributed by atoms with Crippen LogP contribution in [0.1, 0.15) is 23.6 Å². The zero-order valence-electron chi connectivity index (χ0n) is 10.9. The fourth-order valence-corrected chi connectivity index (χ4v) is 2.83. The molecule has 0 spiro atoms. The van der Waals surface area contributed by atoms with E-state index >= 15 is 0 Å². The lowest BCUT2D eigenvalue weighted by Gasteiger charge is -2.27. The normalized spacial score (nSPS) is 17.4. The van der Waals surface area contributed by atoms with Gasteiger partial charge in [0.1, 0.15) is 11.6 Å². The Morgan fingerprint density at radius 1 is 1.25 bits per heavy atom. The Morgan fingerprint density at radius 2 is 2.10 bits per heavy atom. The molecule has 0 radical (unpaired) electrons. The molecule has 1 heterocycles. The summed E-state index contributed by atoms with van der Waals surface area (Å²) in [6.45, 7) is 1.20. The van der Waals surface area contributed by atoms with E-state index in [0.29, 0.717) is 18.7 Å². The van der Waals surface area contributed by atoms with Crippen LogP contribution in [0.4, 0.5) is 4.39 Å². The van der Waals surface area contributed by atoms with E-state index in [1.54, 1.807) is 6.07 Å². The molecule has 2 aromatic rings. The monoisotopic (exact) mass is 335 g/mol. The first kappa shape index (κ1) is 13.6. The number of hydrogen-bond donors (Lipinski definition) is 1. The Balaban J connectivity index is 1.77. The third-order valence-electron chi connectivity index (χ3n) is 3.51. The number of nitrogens with one attached hydrogen (secondary N) is 1. The van der Waals surface area contributed by atoms with Gasteiger partial charge in [-0.3, -0.25) is 0 Å². The number of rotatable bonds is 3. The van der Waals surface area contributed by atoms with Crippen molar-refractivity contribution in [3.8, 4) is 5.75 Å². The van der Waals surface area contributed by atoms with E-state index in [4.69, 9.17) is 4.74 Å². The van der Waals surface area contributed by atoms with E-state index in [0.717, 1.165) is 22.2 Å². The molecule has 0 bridgehead atoms. The minimum absolute atomic E-state index is 0.165. The van der Waals surface area contributed by atoms with Gasteiger partial charge in [-0.1, -0.05) is 34.1 Å². The zero-order chi connectivity index (χ0) is 13.9. The lowest BCUT2D eigenvalue weighted by atomic mass is 10.0. The molecular formula is C16H15BrFNO. The number of hydrogen-bond acceptors (Lipinski definition) is 2. The molecule has 3 rings (SSSR count). The van der Waals surface area contributed by atoms with Crippen LogP contribution >= 0.6 is 15.9 Å². The molecule has 0 aliphatic carbocycles. The predicted octanol–water partition coefficient (Wildman–Crippen LogP) is 4.20. The van der Waals surface area contributed by atoms with Crippen LogP contribution in [0.3, 0.4) is 0 Å². The first-order chi connectivity index (χ1) is 9.74. The maximum Gasteiger partial charge on any atom is 0.127 e. The predicted molar refractivity (Wildman–Crippen MR) is 80.2 cm³/mol. The van der Waals surface area contributed by atoms with E-state index in [1.807, 2.05) is 24.3 Å². The molecule has 1 atom stereocenters. The van der Waals surface area contributed by atoms with E-state index in [9.17, 15) is 4.39 Å². The third kappa shape index (κ3) is 2.86. The summed E-state index contributed by atoms with van der Waals surface area (Å²) in [5.74, 6) is 0.743. The number of fused-ring (bicyclic) bond motifs is 1. The second kappa shape index (κ2) is 5.94. The molecule has 2 nitrogen and oxygen atoms in total. The van der Waals surface area contributed by atoms with Gasteiger partial charge in [-0.05, 0) is 24.3 Å². The van der Waals surface area contributed by atoms with Gasteiger partial charge < -0.3 is 10.1 Å². The minimum atomic E-state index is -0.165. The summed E-state index contributed by atoms with van der Waals surface area (Å²) in [7, 11) is 0. The first-order valence-corrected chi connectivity index (χ1v) is 7.42. The summed E-state index contributed by atoms with van der Waals surface area (Å²) in [6, 6.07) is 13.1. The van der Waals surface area contributed by atoms with Crippen molar-refractivity contribution in [1.82, 2.24) is 5.32 Å². The molecule has 4 heteroatoms. The number of ether oxygens (including phenoxy) is 1. The van der Waals surface area contributed by atoms with Gasteiger partial charge >= 0.3 is 0 Å². The van der Waals surface area contributed by atoms with E-state index in [-0.39, 0.29) is 11.9 Å². The maximum atomic E-state index is 13.6. The molecule has 0 amide bonds. The van der Waals surface area contributed by atoms with Crippen LogP contribution < -0.4 is 10.1 Å². The quantitative estimate of drug-likeness (QED) is 0.907. The van der Waals surface area contributed by atoms with Gasteiger partial charge in [0, 0.05) is 34.6 Å². The van der Waals surface area contributed by atoms with Gasteiger partial charge in [0.05, 0.1) is 6.61 Å². The lowest BCUT2D eigenvalue weighted by Crippen LogP contribution is -2.27. The average Bonchev–Trinajstić information content (AvgIpc) is 2.46. The van der Waals surface area contributed by atoms with Crippen LogP contribution in [-0.4, -0.2) is 6.61 Å². The van der Waals surface area contributed by atoms with Crippen molar-refractivity contribution in [2.24, 2.45) is 0 Å². The zero-order valence-corrected chi connectivity index (χ0v) is 12.5. The second-order valence-corrected chi connectivity index (χ2v) is 5.76. The topological polar surface area (TPSA) is 21.3 Å². The number of halogens is 2. The SMILES string of the molecule is Fc1ccccc1CNC1CCOc2ccc(Br)cc21. The Labute approximate surface area is 126 Å². The van der Waals surface area contributed by atoms with E-state index in [2.05, 4.69) is 27.3 Å². The highest BCUT2D eigenvalue weighted by atomic mass is 79.9. The fraction of sp³-hybridized carbons (Fsp3) is 0.250. The summed E-state index contributed by atoms with van der Waals surface area (Å²) in [5, 5.41) is 3.42. The summed E-state index contributed by atoms with van der Waals surface area (Å²) >= 11 is 3.48. The molecule has 0 aromatic heterocycles. The first-order valence-electron chi connectivity index (χ1n) is 6.63. The Hall–Kier alpha value is -1.39. The molecule has 0 saturated heterocycles. The Morgan fingerprint density at radius 3 is 2.95 bits per heavy atom. The van der Waals surface area contributed by atoms with E-state index in [1.165, 1.54) is 6.07 Å². The van der Waals surface area contributed by atoms with Crippen LogP contribution in [0.5, 0.6) is 5.75 Å². The van der Waals surface area contributed by atoms with Gasteiger partial charge in [-0.25, -0.2) is 4.39 Å². The standard InChI is InChI=1S/C16H15BrFNO/c17-12-5-6-16-13(9-12)15(7-8-20-16)19-10-11-3-1-2-4-14(11)18/h1-6,9,15,19H,7-8,10H2. The van der Waals surface area contributed by atoms with Crippen molar-refractivity contribution in [2.45, 2.75) is 19.0 Å². The van der Waals surface area contributed by atoms with Crippen molar-refractivity contribution < 1.29 is 9.13 Å². The summed E-state index contributed by atoms with van der Waals surface area (Å²) in [4.78, 5) is 0. The van der Waals surface area contributed by atoms with Gasteiger partial charge in [-0.15, -0.1) is 0 Å². The fourth-order valence-electron chi connectivity index (χ4n) is 2.45. The van der Waals surface area contributed by atoms with Crippen LogP contribution in [-0.2, 0) is 6.54 Å².